The number of halogens is 4. The van der Waals surface area contributed by atoms with E-state index >= 15 is 4.57 Å². The molecule has 4 N–H and O–H groups in total. The third-order valence-corrected chi connectivity index (χ3v) is 21.8. The summed E-state index contributed by atoms with van der Waals surface area (Å²) in [6, 6.07) is 35.4. The molecule has 3 aliphatic rings. The molecule has 1 aromatic heterocycles. The van der Waals surface area contributed by atoms with Gasteiger partial charge in [-0.25, -0.2) is 13.2 Å². The summed E-state index contributed by atoms with van der Waals surface area (Å²) in [5, 5.41) is 35.3. The van der Waals surface area contributed by atoms with Crippen LogP contribution < -0.4 is 20.4 Å². The zero-order chi connectivity index (χ0) is 55.5. The summed E-state index contributed by atoms with van der Waals surface area (Å²) in [7, 11) is -10.2. The molecule has 0 saturated carbocycles. The zero-order valence-electron chi connectivity index (χ0n) is 43.9. The first-order chi connectivity index (χ1) is 37.3. The van der Waals surface area contributed by atoms with Crippen LogP contribution in [0.3, 0.4) is 0 Å². The van der Waals surface area contributed by atoms with Gasteiger partial charge in [0.2, 0.25) is 7.29 Å². The molecule has 20 heteroatoms. The van der Waals surface area contributed by atoms with Gasteiger partial charge in [0.25, 0.3) is 9.84 Å². The number of sulfone groups is 1. The summed E-state index contributed by atoms with van der Waals surface area (Å²) in [6.45, 7) is 10.7. The van der Waals surface area contributed by atoms with Crippen LogP contribution in [0.15, 0.2) is 131 Å². The van der Waals surface area contributed by atoms with Crippen LogP contribution >= 0.6 is 30.7 Å². The van der Waals surface area contributed by atoms with Crippen molar-refractivity contribution in [2.45, 2.75) is 85.9 Å². The average molecular weight is 1150 g/mol. The van der Waals surface area contributed by atoms with E-state index in [1.54, 1.807) is 12.1 Å². The number of benzene rings is 5. The molecule has 4 heterocycles. The van der Waals surface area contributed by atoms with Crippen molar-refractivity contribution in [2.24, 2.45) is 5.92 Å². The molecule has 0 amide bonds. The number of aliphatic hydroxyl groups is 1. The summed E-state index contributed by atoms with van der Waals surface area (Å²) in [5.74, 6) is -0.372. The van der Waals surface area contributed by atoms with E-state index in [4.69, 9.17) is 11.6 Å². The molecule has 0 bridgehead atoms. The SMILES string of the molecule is Cc1c(C(=O)O)c(-c2cccc(N3CCN(c4ccc([C@@H]5CCCN(O)P5(=O)c5ccc(N[C@H](CCN6CCC(CO)CC6)CSc6ccccc6)c(S(=O)(=O)C(F)(F)F)c5)cc4)CC3)c2)c(-c2ccc(Cl)cc2)n1C(C)C. The van der Waals surface area contributed by atoms with Gasteiger partial charge in [0.05, 0.1) is 22.6 Å². The van der Waals surface area contributed by atoms with Crippen molar-refractivity contribution in [3.8, 4) is 22.4 Å². The summed E-state index contributed by atoms with van der Waals surface area (Å²) < 4.78 is 88.8. The second-order valence-corrected chi connectivity index (χ2v) is 27.1. The number of carbonyl (C=O) groups is 1. The van der Waals surface area contributed by atoms with Crippen molar-refractivity contribution < 1.29 is 46.4 Å². The molecule has 0 aliphatic carbocycles. The number of alkyl halides is 3. The molecule has 416 valence electrons. The van der Waals surface area contributed by atoms with Gasteiger partial charge >= 0.3 is 11.5 Å². The first-order valence-electron chi connectivity index (χ1n) is 26.5. The number of piperazine rings is 1. The van der Waals surface area contributed by atoms with E-state index < -0.39 is 45.2 Å². The highest BCUT2D eigenvalue weighted by atomic mass is 35.5. The minimum atomic E-state index is -5.99. The van der Waals surface area contributed by atoms with E-state index in [9.17, 15) is 41.8 Å². The van der Waals surface area contributed by atoms with Gasteiger partial charge in [-0.2, -0.15) is 13.2 Å². The standard InChI is InChI=1S/C58H67ClF3N6O7PS2/c1-39(2)68-40(3)54(57(70)71)55(56(68)43-14-18-45(59)19-15-43)44-9-7-10-48(35-44)66-33-31-65(32-34-66)47-20-16-42(17-21-47)52-13-8-27-67(72)76(52,73)49-22-23-51(53(36-49)78(74,75)58(60,61)62)63-46(38-77-50-11-5-4-6-12-50)26-30-64-28-24-41(37-69)25-29-64/h4-7,9-12,14-23,35-36,39,41,46,52,63,69,72H,8,13,24-34,37-38H2,1-3H3,(H,70,71)/t46-,52+,76?/m1/s1. The minimum absolute atomic E-state index is 0.0245. The number of aromatic nitrogens is 1. The Hall–Kier alpha value is -5.30. The van der Waals surface area contributed by atoms with Crippen LogP contribution in [0.2, 0.25) is 5.02 Å². The molecule has 1 unspecified atom stereocenters. The lowest BCUT2D eigenvalue weighted by atomic mass is 9.96. The van der Waals surface area contributed by atoms with E-state index in [0.717, 1.165) is 65.1 Å². The maximum absolute atomic E-state index is 15.5. The average Bonchev–Trinajstić information content (AvgIpc) is 3.98. The van der Waals surface area contributed by atoms with Gasteiger partial charge in [-0.05, 0) is 155 Å². The number of hydrogen-bond donors (Lipinski definition) is 4. The fourth-order valence-corrected chi connectivity index (χ4v) is 16.7. The third-order valence-electron chi connectivity index (χ3n) is 15.6. The van der Waals surface area contributed by atoms with E-state index in [0.29, 0.717) is 84.4 Å². The molecule has 78 heavy (non-hydrogen) atoms. The van der Waals surface area contributed by atoms with E-state index in [-0.39, 0.29) is 41.7 Å². The summed E-state index contributed by atoms with van der Waals surface area (Å²) >= 11 is 7.78. The maximum atomic E-state index is 15.5. The van der Waals surface area contributed by atoms with E-state index in [1.807, 2.05) is 112 Å². The highest BCUT2D eigenvalue weighted by Crippen LogP contribution is 2.64. The Morgan fingerprint density at radius 2 is 1.49 bits per heavy atom. The van der Waals surface area contributed by atoms with Crippen LogP contribution in [0.1, 0.15) is 79.3 Å². The Bertz CT molecular complexity index is 3230. The van der Waals surface area contributed by atoms with Gasteiger partial charge in [-0.1, -0.05) is 66.2 Å². The molecule has 3 fully saturated rings. The largest absolute Gasteiger partial charge is 0.501 e. The molecule has 13 nitrogen and oxygen atoms in total. The first-order valence-corrected chi connectivity index (χ1v) is 31.1. The van der Waals surface area contributed by atoms with Crippen LogP contribution in [-0.4, -0.2) is 120 Å². The summed E-state index contributed by atoms with van der Waals surface area (Å²) in [5.41, 5.74) is -0.372. The Morgan fingerprint density at radius 3 is 2.12 bits per heavy atom. The number of hydrogen-bond acceptors (Lipinski definition) is 11. The third kappa shape index (κ3) is 12.1. The fraction of sp³-hybridized carbons (Fsp3) is 0.397. The molecule has 3 saturated heterocycles. The number of nitrogens with one attached hydrogen (secondary N) is 1. The molecule has 3 atom stereocenters. The second-order valence-electron chi connectivity index (χ2n) is 20.8. The van der Waals surface area contributed by atoms with Crippen molar-refractivity contribution in [2.75, 3.05) is 79.8 Å². The van der Waals surface area contributed by atoms with E-state index in [2.05, 4.69) is 24.6 Å². The predicted octanol–water partition coefficient (Wildman–Crippen LogP) is 12.5. The number of aromatic carboxylic acids is 1. The molecule has 9 rings (SSSR count). The van der Waals surface area contributed by atoms with Crippen molar-refractivity contribution in [1.29, 1.82) is 0 Å². The smallest absolute Gasteiger partial charge is 0.478 e. The van der Waals surface area contributed by atoms with Crippen LogP contribution in [0.4, 0.5) is 30.2 Å². The Kier molecular flexibility index (Phi) is 17.8. The highest BCUT2D eigenvalue weighted by Gasteiger charge is 2.50. The van der Waals surface area contributed by atoms with Gasteiger partial charge in [-0.3, -0.25) is 4.57 Å². The lowest BCUT2D eigenvalue weighted by Gasteiger charge is -2.39. The monoisotopic (exact) mass is 1150 g/mol. The quantitative estimate of drug-likeness (QED) is 0.0476. The van der Waals surface area contributed by atoms with Crippen LogP contribution in [-0.2, 0) is 14.4 Å². The van der Waals surface area contributed by atoms with Crippen LogP contribution in [0.5, 0.6) is 0 Å². The summed E-state index contributed by atoms with van der Waals surface area (Å²) in [4.78, 5) is 20.3. The fourth-order valence-electron chi connectivity index (χ4n) is 11.4. The molecular weight excluding hydrogens is 1080 g/mol. The lowest BCUT2D eigenvalue weighted by molar-refractivity contribution is -0.0435. The highest BCUT2D eigenvalue weighted by molar-refractivity contribution is 7.99. The first kappa shape index (κ1) is 57.4. The molecule has 0 radical (unpaired) electrons. The summed E-state index contributed by atoms with van der Waals surface area (Å²) in [6.07, 6.45) is 2.91. The van der Waals surface area contributed by atoms with Crippen molar-refractivity contribution in [1.82, 2.24) is 14.3 Å². The maximum Gasteiger partial charge on any atom is 0.501 e. The van der Waals surface area contributed by atoms with Crippen molar-refractivity contribution >= 4 is 68.8 Å². The number of carboxylic acids is 1. The number of aliphatic hydroxyl groups excluding tert-OH is 1. The van der Waals surface area contributed by atoms with Gasteiger partial charge in [0.15, 0.2) is 0 Å². The van der Waals surface area contributed by atoms with Gasteiger partial charge in [-0.15, -0.1) is 16.6 Å². The van der Waals surface area contributed by atoms with Gasteiger partial charge in [0.1, 0.15) is 4.90 Å². The van der Waals surface area contributed by atoms with Gasteiger partial charge < -0.3 is 40.0 Å². The van der Waals surface area contributed by atoms with Gasteiger partial charge in [0, 0.05) is 102 Å². The van der Waals surface area contributed by atoms with Crippen LogP contribution in [0, 0.1) is 12.8 Å². The minimum Gasteiger partial charge on any atom is -0.478 e. The number of nitrogens with zero attached hydrogens (tertiary/aromatic N) is 5. The lowest BCUT2D eigenvalue weighted by Crippen LogP contribution is -2.46. The Balaban J connectivity index is 0.945. The number of hydroxylamine groups is 1. The second kappa shape index (κ2) is 24.2. The normalized spacial score (nSPS) is 19.6. The molecular formula is C58H67ClF3N6O7PS2. The number of piperidine rings is 1. The zero-order valence-corrected chi connectivity index (χ0v) is 47.2. The number of likely N-dealkylation sites (tertiary alicyclic amines) is 1. The number of thioether (sulfide) groups is 1. The number of carboxylic acid groups (broad SMARTS) is 1. The molecule has 5 aromatic carbocycles. The number of anilines is 3. The number of rotatable bonds is 18. The van der Waals surface area contributed by atoms with E-state index in [1.165, 1.54) is 23.9 Å². The predicted molar refractivity (Wildman–Crippen MR) is 306 cm³/mol. The molecule has 0 spiro atoms. The van der Waals surface area contributed by atoms with Crippen LogP contribution in [0.25, 0.3) is 22.4 Å². The van der Waals surface area contributed by atoms with Crippen molar-refractivity contribution in [3.05, 3.63) is 143 Å². The van der Waals surface area contributed by atoms with Crippen molar-refractivity contribution in [3.63, 3.8) is 0 Å². The molecule has 3 aliphatic heterocycles. The molecule has 6 aromatic rings. The Morgan fingerprint density at radius 1 is 0.821 bits per heavy atom. The topological polar surface area (TPSA) is 159 Å². The Labute approximate surface area is 464 Å².